The first-order chi connectivity index (χ1) is 13.3. The fourth-order valence-corrected chi connectivity index (χ4v) is 3.69. The maximum absolute atomic E-state index is 12.3. The Morgan fingerprint density at radius 2 is 1.79 bits per heavy atom. The van der Waals surface area contributed by atoms with Crippen molar-refractivity contribution in [2.24, 2.45) is 11.8 Å². The first-order valence-corrected chi connectivity index (χ1v) is 10.2. The fraction of sp³-hybridized carbons (Fsp3) is 0.391. The van der Waals surface area contributed by atoms with Gasteiger partial charge in [-0.15, -0.1) is 0 Å². The van der Waals surface area contributed by atoms with Gasteiger partial charge in [-0.25, -0.2) is 4.98 Å². The monoisotopic (exact) mass is 397 g/mol. The molecule has 0 bridgehead atoms. The van der Waals surface area contributed by atoms with Crippen LogP contribution in [0, 0.1) is 11.8 Å². The first-order valence-electron chi connectivity index (χ1n) is 9.84. The van der Waals surface area contributed by atoms with Crippen LogP contribution in [0.15, 0.2) is 47.3 Å². The summed E-state index contributed by atoms with van der Waals surface area (Å²) in [5, 5.41) is 4.68. The van der Waals surface area contributed by atoms with E-state index in [4.69, 9.17) is 11.6 Å². The van der Waals surface area contributed by atoms with Gasteiger partial charge in [0.1, 0.15) is 5.82 Å². The lowest BCUT2D eigenvalue weighted by molar-refractivity contribution is 0.406. The van der Waals surface area contributed by atoms with Gasteiger partial charge in [0.25, 0.3) is 5.56 Å². The number of H-pyrrole nitrogens is 1. The molecule has 3 aromatic rings. The summed E-state index contributed by atoms with van der Waals surface area (Å²) in [5.74, 6) is 1.66. The molecule has 5 heteroatoms. The third-order valence-corrected chi connectivity index (χ3v) is 5.09. The van der Waals surface area contributed by atoms with Crippen molar-refractivity contribution >= 4 is 22.5 Å². The topological polar surface area (TPSA) is 57.8 Å². The Morgan fingerprint density at radius 1 is 1.07 bits per heavy atom. The zero-order valence-corrected chi connectivity index (χ0v) is 17.7. The maximum atomic E-state index is 12.3. The molecule has 4 nitrogen and oxygen atoms in total. The van der Waals surface area contributed by atoms with Crippen molar-refractivity contribution in [2.75, 3.05) is 0 Å². The van der Waals surface area contributed by atoms with Gasteiger partial charge in [0.05, 0.1) is 17.4 Å². The molecular formula is C23H28ClN3O. The number of aromatic amines is 1. The maximum Gasteiger partial charge on any atom is 0.258 e. The molecule has 2 aromatic carbocycles. The van der Waals surface area contributed by atoms with Gasteiger partial charge in [-0.1, -0.05) is 63.6 Å². The quantitative estimate of drug-likeness (QED) is 0.571. The molecule has 0 aliphatic heterocycles. The summed E-state index contributed by atoms with van der Waals surface area (Å²) in [6, 6.07) is 14.1. The minimum atomic E-state index is -0.141. The highest BCUT2D eigenvalue weighted by atomic mass is 35.5. The van der Waals surface area contributed by atoms with E-state index >= 15 is 0 Å². The number of aromatic nitrogens is 2. The van der Waals surface area contributed by atoms with Gasteiger partial charge in [-0.3, -0.25) is 4.79 Å². The smallest absolute Gasteiger partial charge is 0.258 e. The Balaban J connectivity index is 1.78. The zero-order valence-electron chi connectivity index (χ0n) is 16.9. The lowest BCUT2D eigenvalue weighted by atomic mass is 9.93. The highest BCUT2D eigenvalue weighted by molar-refractivity contribution is 6.31. The molecule has 0 unspecified atom stereocenters. The highest BCUT2D eigenvalue weighted by Gasteiger charge is 2.16. The molecular weight excluding hydrogens is 370 g/mol. The average Bonchev–Trinajstić information content (AvgIpc) is 2.62. The van der Waals surface area contributed by atoms with E-state index in [1.165, 1.54) is 11.1 Å². The lowest BCUT2D eigenvalue weighted by Crippen LogP contribution is -2.27. The van der Waals surface area contributed by atoms with Crippen LogP contribution in [0.4, 0.5) is 0 Å². The van der Waals surface area contributed by atoms with Crippen LogP contribution in [0.3, 0.4) is 0 Å². The van der Waals surface area contributed by atoms with Crippen LogP contribution in [-0.2, 0) is 13.0 Å². The largest absolute Gasteiger partial charge is 0.309 e. The van der Waals surface area contributed by atoms with Crippen molar-refractivity contribution in [2.45, 2.75) is 46.7 Å². The van der Waals surface area contributed by atoms with Gasteiger partial charge < -0.3 is 10.3 Å². The Hall–Kier alpha value is -2.17. The summed E-state index contributed by atoms with van der Waals surface area (Å²) in [4.78, 5) is 19.8. The minimum Gasteiger partial charge on any atom is -0.309 e. The molecule has 1 aromatic heterocycles. The third kappa shape index (κ3) is 5.00. The molecule has 2 N–H and O–H groups in total. The second-order valence-corrected chi connectivity index (χ2v) is 8.55. The predicted octanol–water partition coefficient (Wildman–Crippen LogP) is 5.26. The fourth-order valence-electron chi connectivity index (χ4n) is 3.52. The van der Waals surface area contributed by atoms with E-state index in [1.54, 1.807) is 18.2 Å². The van der Waals surface area contributed by atoms with E-state index in [1.807, 2.05) is 0 Å². The average molecular weight is 398 g/mol. The molecule has 28 heavy (non-hydrogen) atoms. The molecule has 0 aliphatic carbocycles. The van der Waals surface area contributed by atoms with Crippen LogP contribution < -0.4 is 10.9 Å². The van der Waals surface area contributed by atoms with Crippen molar-refractivity contribution < 1.29 is 0 Å². The zero-order chi connectivity index (χ0) is 20.3. The van der Waals surface area contributed by atoms with Gasteiger partial charge in [-0.2, -0.15) is 0 Å². The van der Waals surface area contributed by atoms with Crippen molar-refractivity contribution in [1.82, 2.24) is 15.3 Å². The van der Waals surface area contributed by atoms with Crippen LogP contribution in [-0.4, -0.2) is 9.97 Å². The Morgan fingerprint density at radius 3 is 2.43 bits per heavy atom. The van der Waals surface area contributed by atoms with Gasteiger partial charge in [0, 0.05) is 11.1 Å². The molecule has 0 saturated heterocycles. The standard InChI is InChI=1S/C23H28ClN3O/c1-14(2)11-16-5-7-17(8-6-16)22(15(3)4)25-13-21-26-20-12-18(24)9-10-19(20)23(28)27-21/h5-10,12,14-15,22,25H,11,13H2,1-4H3,(H,26,27,28)/t22-/m0/s1. The Bertz CT molecular complexity index is 993. The van der Waals surface area contributed by atoms with Crippen LogP contribution in [0.5, 0.6) is 0 Å². The van der Waals surface area contributed by atoms with E-state index < -0.39 is 0 Å². The molecule has 0 radical (unpaired) electrons. The molecule has 1 atom stereocenters. The lowest BCUT2D eigenvalue weighted by Gasteiger charge is -2.23. The number of fused-ring (bicyclic) bond motifs is 1. The van der Waals surface area contributed by atoms with Gasteiger partial charge >= 0.3 is 0 Å². The molecule has 0 amide bonds. The summed E-state index contributed by atoms with van der Waals surface area (Å²) >= 11 is 6.05. The number of hydrogen-bond acceptors (Lipinski definition) is 3. The van der Waals surface area contributed by atoms with E-state index in [0.717, 1.165) is 6.42 Å². The van der Waals surface area contributed by atoms with Gasteiger partial charge in [0.2, 0.25) is 0 Å². The Kier molecular flexibility index (Phi) is 6.53. The number of benzene rings is 2. The summed E-state index contributed by atoms with van der Waals surface area (Å²) in [6.07, 6.45) is 1.09. The molecule has 1 heterocycles. The van der Waals surface area contributed by atoms with Crippen molar-refractivity contribution in [1.29, 1.82) is 0 Å². The van der Waals surface area contributed by atoms with Crippen molar-refractivity contribution in [3.63, 3.8) is 0 Å². The van der Waals surface area contributed by atoms with Crippen molar-refractivity contribution in [3.05, 3.63) is 74.8 Å². The molecule has 0 spiro atoms. The van der Waals surface area contributed by atoms with Crippen LogP contribution in [0.2, 0.25) is 5.02 Å². The molecule has 148 valence electrons. The number of nitrogens with one attached hydrogen (secondary N) is 2. The third-order valence-electron chi connectivity index (χ3n) is 4.86. The van der Waals surface area contributed by atoms with E-state index in [0.29, 0.717) is 40.1 Å². The molecule has 0 fully saturated rings. The normalized spacial score (nSPS) is 12.8. The van der Waals surface area contributed by atoms with E-state index in [2.05, 4.69) is 67.2 Å². The molecule has 3 rings (SSSR count). The minimum absolute atomic E-state index is 0.141. The highest BCUT2D eigenvalue weighted by Crippen LogP contribution is 2.23. The summed E-state index contributed by atoms with van der Waals surface area (Å²) in [7, 11) is 0. The summed E-state index contributed by atoms with van der Waals surface area (Å²) < 4.78 is 0. The van der Waals surface area contributed by atoms with Crippen LogP contribution >= 0.6 is 11.6 Å². The number of rotatable bonds is 7. The second kappa shape index (κ2) is 8.89. The molecule has 0 saturated carbocycles. The van der Waals surface area contributed by atoms with Crippen LogP contribution in [0.1, 0.15) is 50.7 Å². The Labute approximate surface area is 171 Å². The first kappa shape index (κ1) is 20.6. The summed E-state index contributed by atoms with van der Waals surface area (Å²) in [5.41, 5.74) is 3.08. The SMILES string of the molecule is CC(C)Cc1ccc([C@@H](NCc2nc3cc(Cl)ccc3c(=O)[nH]2)C(C)C)cc1. The summed E-state index contributed by atoms with van der Waals surface area (Å²) in [6.45, 7) is 9.33. The van der Waals surface area contributed by atoms with Gasteiger partial charge in [-0.05, 0) is 47.6 Å². The second-order valence-electron chi connectivity index (χ2n) is 8.12. The van der Waals surface area contributed by atoms with Gasteiger partial charge in [0.15, 0.2) is 0 Å². The van der Waals surface area contributed by atoms with E-state index in [-0.39, 0.29) is 11.6 Å². The number of halogens is 1. The van der Waals surface area contributed by atoms with Crippen molar-refractivity contribution in [3.8, 4) is 0 Å². The van der Waals surface area contributed by atoms with Crippen LogP contribution in [0.25, 0.3) is 10.9 Å². The van der Waals surface area contributed by atoms with E-state index in [9.17, 15) is 4.79 Å². The number of hydrogen-bond donors (Lipinski definition) is 2. The molecule has 0 aliphatic rings. The number of nitrogens with zero attached hydrogens (tertiary/aromatic N) is 1. The predicted molar refractivity (Wildman–Crippen MR) is 117 cm³/mol.